The number of nitrogens with zero attached hydrogens (tertiary/aromatic N) is 2. The van der Waals surface area contributed by atoms with Crippen LogP contribution in [0.15, 0.2) is 42.9 Å². The monoisotopic (exact) mass is 256 g/mol. The van der Waals surface area contributed by atoms with Gasteiger partial charge in [-0.2, -0.15) is 0 Å². The Hall–Kier alpha value is -2.69. The quantitative estimate of drug-likeness (QED) is 0.887. The topological polar surface area (TPSA) is 72.3 Å². The average Bonchev–Trinajstić information content (AvgIpc) is 2.44. The van der Waals surface area contributed by atoms with Crippen LogP contribution in [0.4, 0.5) is 0 Å². The highest BCUT2D eigenvalue weighted by Crippen LogP contribution is 2.15. The zero-order valence-corrected chi connectivity index (χ0v) is 10.1. The summed E-state index contributed by atoms with van der Waals surface area (Å²) in [5, 5.41) is 8.54. The molecule has 0 bridgehead atoms. The molecule has 0 aliphatic carbocycles. The summed E-state index contributed by atoms with van der Waals surface area (Å²) < 4.78 is 5.10. The molecule has 96 valence electrons. The van der Waals surface area contributed by atoms with Crippen LogP contribution in [0.3, 0.4) is 0 Å². The highest BCUT2D eigenvalue weighted by molar-refractivity contribution is 5.69. The lowest BCUT2D eigenvalue weighted by Gasteiger charge is -2.03. The van der Waals surface area contributed by atoms with Crippen LogP contribution >= 0.6 is 0 Å². The van der Waals surface area contributed by atoms with E-state index in [1.54, 1.807) is 30.5 Å². The first-order valence-electron chi connectivity index (χ1n) is 5.63. The number of carboxylic acids is 1. The molecule has 1 N–H and O–H groups in total. The van der Waals surface area contributed by atoms with E-state index in [1.165, 1.54) is 6.33 Å². The summed E-state index contributed by atoms with van der Waals surface area (Å²) in [7, 11) is 0. The van der Waals surface area contributed by atoms with Gasteiger partial charge < -0.3 is 9.84 Å². The molecule has 1 heterocycles. The number of hydrogen-bond donors (Lipinski definition) is 1. The number of aliphatic carboxylic acids is 1. The second-order valence-electron chi connectivity index (χ2n) is 3.72. The smallest absolute Gasteiger partial charge is 0.341 e. The van der Waals surface area contributed by atoms with Crippen molar-refractivity contribution in [2.75, 3.05) is 6.61 Å². The third-order valence-corrected chi connectivity index (χ3v) is 2.27. The lowest BCUT2D eigenvalue weighted by Crippen LogP contribution is -2.09. The van der Waals surface area contributed by atoms with Crippen molar-refractivity contribution in [1.82, 2.24) is 9.97 Å². The molecule has 5 nitrogen and oxygen atoms in total. The molecular formula is C14H12N2O3. The molecule has 0 radical (unpaired) electrons. The van der Waals surface area contributed by atoms with Gasteiger partial charge >= 0.3 is 5.97 Å². The van der Waals surface area contributed by atoms with Crippen LogP contribution in [0.5, 0.6) is 5.75 Å². The Bertz CT molecular complexity index is 582. The number of carboxylic acid groups (broad SMARTS) is 1. The van der Waals surface area contributed by atoms with Gasteiger partial charge in [0.2, 0.25) is 0 Å². The van der Waals surface area contributed by atoms with Gasteiger partial charge in [-0.25, -0.2) is 14.8 Å². The van der Waals surface area contributed by atoms with E-state index in [9.17, 15) is 4.79 Å². The van der Waals surface area contributed by atoms with Gasteiger partial charge in [-0.15, -0.1) is 0 Å². The van der Waals surface area contributed by atoms with Crippen molar-refractivity contribution in [3.8, 4) is 5.75 Å². The molecule has 0 aliphatic heterocycles. The van der Waals surface area contributed by atoms with E-state index in [2.05, 4.69) is 9.97 Å². The number of carbonyl (C=O) groups is 1. The lowest BCUT2D eigenvalue weighted by molar-refractivity contribution is -0.139. The molecule has 0 aliphatic rings. The maximum atomic E-state index is 10.4. The van der Waals surface area contributed by atoms with Crippen molar-refractivity contribution in [3.63, 3.8) is 0 Å². The second-order valence-corrected chi connectivity index (χ2v) is 3.72. The van der Waals surface area contributed by atoms with E-state index in [1.807, 2.05) is 18.2 Å². The first kappa shape index (κ1) is 12.8. The largest absolute Gasteiger partial charge is 0.482 e. The highest BCUT2D eigenvalue weighted by Gasteiger charge is 1.99. The number of benzene rings is 1. The molecule has 5 heteroatoms. The van der Waals surface area contributed by atoms with Gasteiger partial charge in [0.25, 0.3) is 0 Å². The molecule has 2 rings (SSSR count). The van der Waals surface area contributed by atoms with Crippen molar-refractivity contribution in [1.29, 1.82) is 0 Å². The number of ether oxygens (including phenoxy) is 1. The predicted molar refractivity (Wildman–Crippen MR) is 70.5 cm³/mol. The van der Waals surface area contributed by atoms with Gasteiger partial charge in [-0.05, 0) is 29.8 Å². The molecular weight excluding hydrogens is 244 g/mol. The van der Waals surface area contributed by atoms with Crippen LogP contribution in [0.1, 0.15) is 11.3 Å². The summed E-state index contributed by atoms with van der Waals surface area (Å²) in [4.78, 5) is 18.3. The normalized spacial score (nSPS) is 10.5. The number of rotatable bonds is 5. The zero-order chi connectivity index (χ0) is 13.5. The predicted octanol–water partition coefficient (Wildman–Crippen LogP) is 2.11. The Morgan fingerprint density at radius 1 is 1.32 bits per heavy atom. The van der Waals surface area contributed by atoms with Crippen molar-refractivity contribution in [2.45, 2.75) is 0 Å². The maximum Gasteiger partial charge on any atom is 0.341 e. The van der Waals surface area contributed by atoms with Gasteiger partial charge in [0.15, 0.2) is 6.61 Å². The zero-order valence-electron chi connectivity index (χ0n) is 10.1. The molecule has 1 aromatic heterocycles. The lowest BCUT2D eigenvalue weighted by atomic mass is 10.2. The van der Waals surface area contributed by atoms with Crippen LogP contribution in [0, 0.1) is 0 Å². The fraction of sp³-hybridized carbons (Fsp3) is 0.0714. The fourth-order valence-electron chi connectivity index (χ4n) is 1.43. The van der Waals surface area contributed by atoms with Gasteiger partial charge in [0.1, 0.15) is 12.1 Å². The van der Waals surface area contributed by atoms with E-state index in [4.69, 9.17) is 9.84 Å². The van der Waals surface area contributed by atoms with Gasteiger partial charge in [0, 0.05) is 6.20 Å². The number of hydrogen-bond acceptors (Lipinski definition) is 4. The van der Waals surface area contributed by atoms with Crippen LogP contribution in [-0.2, 0) is 4.79 Å². The van der Waals surface area contributed by atoms with E-state index in [0.717, 1.165) is 11.3 Å². The average molecular weight is 256 g/mol. The first-order chi connectivity index (χ1) is 9.24. The van der Waals surface area contributed by atoms with Crippen molar-refractivity contribution in [2.24, 2.45) is 0 Å². The molecule has 0 atom stereocenters. The van der Waals surface area contributed by atoms with E-state index in [0.29, 0.717) is 5.75 Å². The summed E-state index contributed by atoms with van der Waals surface area (Å²) in [6.45, 7) is -0.348. The SMILES string of the molecule is O=C(O)COc1cccc(/C=C/c2ccncn2)c1. The third-order valence-electron chi connectivity index (χ3n) is 2.27. The Morgan fingerprint density at radius 3 is 2.95 bits per heavy atom. The van der Waals surface area contributed by atoms with Gasteiger partial charge in [0.05, 0.1) is 5.69 Å². The van der Waals surface area contributed by atoms with Gasteiger partial charge in [-0.3, -0.25) is 0 Å². The second kappa shape index (κ2) is 6.30. The standard InChI is InChI=1S/C14H12N2O3/c17-14(18)9-19-13-3-1-2-11(8-13)4-5-12-6-7-15-10-16-12/h1-8,10H,9H2,(H,17,18)/b5-4+. The minimum absolute atomic E-state index is 0.348. The van der Waals surface area contributed by atoms with Crippen LogP contribution in [0.2, 0.25) is 0 Å². The minimum Gasteiger partial charge on any atom is -0.482 e. The Labute approximate surface area is 110 Å². The molecule has 0 unspecified atom stereocenters. The van der Waals surface area contributed by atoms with Crippen LogP contribution in [-0.4, -0.2) is 27.7 Å². The minimum atomic E-state index is -0.998. The summed E-state index contributed by atoms with van der Waals surface area (Å²) in [6, 6.07) is 8.97. The summed E-state index contributed by atoms with van der Waals surface area (Å²) in [6.07, 6.45) is 6.86. The molecule has 0 saturated carbocycles. The molecule has 0 amide bonds. The Kier molecular flexibility index (Phi) is 4.23. The van der Waals surface area contributed by atoms with Crippen molar-refractivity contribution < 1.29 is 14.6 Å². The Balaban J connectivity index is 2.06. The molecule has 19 heavy (non-hydrogen) atoms. The summed E-state index contributed by atoms with van der Waals surface area (Å²) >= 11 is 0. The molecule has 0 fully saturated rings. The molecule has 0 saturated heterocycles. The van der Waals surface area contributed by atoms with Crippen molar-refractivity contribution >= 4 is 18.1 Å². The van der Waals surface area contributed by atoms with Crippen molar-refractivity contribution in [3.05, 3.63) is 54.1 Å². The first-order valence-corrected chi connectivity index (χ1v) is 5.63. The van der Waals surface area contributed by atoms with E-state index < -0.39 is 5.97 Å². The third kappa shape index (κ3) is 4.23. The number of aromatic nitrogens is 2. The highest BCUT2D eigenvalue weighted by atomic mass is 16.5. The fourth-order valence-corrected chi connectivity index (χ4v) is 1.43. The maximum absolute atomic E-state index is 10.4. The molecule has 2 aromatic rings. The Morgan fingerprint density at radius 2 is 2.21 bits per heavy atom. The van der Waals surface area contributed by atoms with Crippen LogP contribution < -0.4 is 4.74 Å². The van der Waals surface area contributed by atoms with E-state index >= 15 is 0 Å². The molecule has 1 aromatic carbocycles. The van der Waals surface area contributed by atoms with Gasteiger partial charge in [-0.1, -0.05) is 18.2 Å². The summed E-state index contributed by atoms with van der Waals surface area (Å²) in [5.41, 5.74) is 1.70. The molecule has 0 spiro atoms. The van der Waals surface area contributed by atoms with Crippen LogP contribution in [0.25, 0.3) is 12.2 Å². The summed E-state index contributed by atoms with van der Waals surface area (Å²) in [5.74, 6) is -0.478. The van der Waals surface area contributed by atoms with E-state index in [-0.39, 0.29) is 6.61 Å².